The van der Waals surface area contributed by atoms with Crippen LogP contribution >= 0.6 is 0 Å². The van der Waals surface area contributed by atoms with Crippen LogP contribution in [0.25, 0.3) is 0 Å². The van der Waals surface area contributed by atoms with Crippen molar-refractivity contribution in [2.45, 2.75) is 13.0 Å². The summed E-state index contributed by atoms with van der Waals surface area (Å²) in [7, 11) is 0. The van der Waals surface area contributed by atoms with Gasteiger partial charge < -0.3 is 10.4 Å². The standard InChI is InChI=1S/C7H13NO/c1-2-3-6-4-8-5-7(6)9/h2-3,6-9H,4-5H2,1H3/b3-2+/t6-,7-/m1/s1. The maximum absolute atomic E-state index is 9.21. The van der Waals surface area contributed by atoms with E-state index in [-0.39, 0.29) is 6.10 Å². The normalized spacial score (nSPS) is 36.2. The van der Waals surface area contributed by atoms with E-state index >= 15 is 0 Å². The molecule has 0 saturated carbocycles. The maximum atomic E-state index is 9.21. The molecule has 2 atom stereocenters. The molecule has 1 fully saturated rings. The summed E-state index contributed by atoms with van der Waals surface area (Å²) in [4.78, 5) is 0. The smallest absolute Gasteiger partial charge is 0.0739 e. The van der Waals surface area contributed by atoms with Crippen molar-refractivity contribution in [1.29, 1.82) is 0 Å². The zero-order valence-corrected chi connectivity index (χ0v) is 5.67. The highest BCUT2D eigenvalue weighted by atomic mass is 16.3. The lowest BCUT2D eigenvalue weighted by molar-refractivity contribution is 0.167. The van der Waals surface area contributed by atoms with E-state index in [9.17, 15) is 5.11 Å². The van der Waals surface area contributed by atoms with Crippen molar-refractivity contribution in [3.8, 4) is 0 Å². The number of allylic oxidation sites excluding steroid dienone is 1. The van der Waals surface area contributed by atoms with E-state index in [0.717, 1.165) is 13.1 Å². The minimum Gasteiger partial charge on any atom is -0.391 e. The van der Waals surface area contributed by atoms with Gasteiger partial charge in [0.25, 0.3) is 0 Å². The van der Waals surface area contributed by atoms with Gasteiger partial charge in [0.15, 0.2) is 0 Å². The van der Waals surface area contributed by atoms with Crippen molar-refractivity contribution >= 4 is 0 Å². The summed E-state index contributed by atoms with van der Waals surface area (Å²) in [6, 6.07) is 0. The van der Waals surface area contributed by atoms with Gasteiger partial charge in [-0.2, -0.15) is 0 Å². The Bertz CT molecular complexity index is 111. The Morgan fingerprint density at radius 1 is 1.56 bits per heavy atom. The fourth-order valence-electron chi connectivity index (χ4n) is 1.13. The van der Waals surface area contributed by atoms with Gasteiger partial charge in [-0.25, -0.2) is 0 Å². The van der Waals surface area contributed by atoms with Gasteiger partial charge in [-0.3, -0.25) is 0 Å². The fourth-order valence-corrected chi connectivity index (χ4v) is 1.13. The summed E-state index contributed by atoms with van der Waals surface area (Å²) < 4.78 is 0. The number of aliphatic hydroxyl groups excluding tert-OH is 1. The van der Waals surface area contributed by atoms with Crippen LogP contribution in [0.5, 0.6) is 0 Å². The molecule has 0 aromatic heterocycles. The molecule has 0 aromatic rings. The molecule has 0 amide bonds. The Morgan fingerprint density at radius 2 is 2.33 bits per heavy atom. The first-order valence-electron chi connectivity index (χ1n) is 3.36. The van der Waals surface area contributed by atoms with E-state index in [1.165, 1.54) is 0 Å². The Hall–Kier alpha value is -0.340. The van der Waals surface area contributed by atoms with Crippen LogP contribution in [0.1, 0.15) is 6.92 Å². The zero-order valence-electron chi connectivity index (χ0n) is 5.67. The third-order valence-corrected chi connectivity index (χ3v) is 1.67. The zero-order chi connectivity index (χ0) is 6.69. The van der Waals surface area contributed by atoms with Crippen LogP contribution in [0.4, 0.5) is 0 Å². The predicted octanol–water partition coefficient (Wildman–Crippen LogP) is 0.143. The molecule has 0 unspecified atom stereocenters. The van der Waals surface area contributed by atoms with Crippen molar-refractivity contribution in [1.82, 2.24) is 5.32 Å². The second-order valence-electron chi connectivity index (χ2n) is 2.42. The fraction of sp³-hybridized carbons (Fsp3) is 0.714. The van der Waals surface area contributed by atoms with Crippen LogP contribution in [0.15, 0.2) is 12.2 Å². The molecule has 1 rings (SSSR count). The molecule has 0 spiro atoms. The molecule has 0 radical (unpaired) electrons. The third-order valence-electron chi connectivity index (χ3n) is 1.67. The molecule has 0 aromatic carbocycles. The van der Waals surface area contributed by atoms with Crippen molar-refractivity contribution < 1.29 is 5.11 Å². The molecule has 2 heteroatoms. The van der Waals surface area contributed by atoms with Crippen molar-refractivity contribution in [2.24, 2.45) is 5.92 Å². The highest BCUT2D eigenvalue weighted by Gasteiger charge is 2.21. The topological polar surface area (TPSA) is 32.3 Å². The SMILES string of the molecule is C/C=C/[C@@H]1CNC[C@H]1O. The Morgan fingerprint density at radius 3 is 2.78 bits per heavy atom. The molecule has 1 aliphatic rings. The van der Waals surface area contributed by atoms with Crippen LogP contribution in [-0.4, -0.2) is 24.3 Å². The number of hydrogen-bond donors (Lipinski definition) is 2. The van der Waals surface area contributed by atoms with E-state index in [4.69, 9.17) is 0 Å². The van der Waals surface area contributed by atoms with E-state index in [1.807, 2.05) is 19.1 Å². The lowest BCUT2D eigenvalue weighted by atomic mass is 10.1. The van der Waals surface area contributed by atoms with Crippen LogP contribution in [0.2, 0.25) is 0 Å². The van der Waals surface area contributed by atoms with Gasteiger partial charge in [-0.05, 0) is 6.92 Å². The molecule has 0 bridgehead atoms. The number of β-amino-alcohol motifs (C(OH)–C–C–N with tert-alkyl or cyclic N) is 1. The lowest BCUT2D eigenvalue weighted by Crippen LogP contribution is -2.15. The molecular weight excluding hydrogens is 114 g/mol. The summed E-state index contributed by atoms with van der Waals surface area (Å²) >= 11 is 0. The minimum absolute atomic E-state index is 0.166. The van der Waals surface area contributed by atoms with Crippen molar-refractivity contribution in [3.63, 3.8) is 0 Å². The summed E-state index contributed by atoms with van der Waals surface area (Å²) in [5.41, 5.74) is 0. The maximum Gasteiger partial charge on any atom is 0.0739 e. The Kier molecular flexibility index (Phi) is 2.25. The second kappa shape index (κ2) is 2.99. The number of nitrogens with one attached hydrogen (secondary N) is 1. The Balaban J connectivity index is 2.39. The molecule has 2 N–H and O–H groups in total. The van der Waals surface area contributed by atoms with E-state index in [0.29, 0.717) is 5.92 Å². The van der Waals surface area contributed by atoms with Crippen molar-refractivity contribution in [3.05, 3.63) is 12.2 Å². The molecule has 1 aliphatic heterocycles. The second-order valence-corrected chi connectivity index (χ2v) is 2.42. The van der Waals surface area contributed by atoms with Gasteiger partial charge in [0, 0.05) is 19.0 Å². The largest absolute Gasteiger partial charge is 0.391 e. The molecule has 0 aliphatic carbocycles. The third kappa shape index (κ3) is 1.53. The first kappa shape index (κ1) is 6.78. The van der Waals surface area contributed by atoms with Crippen LogP contribution in [-0.2, 0) is 0 Å². The van der Waals surface area contributed by atoms with Gasteiger partial charge >= 0.3 is 0 Å². The number of hydrogen-bond acceptors (Lipinski definition) is 2. The highest BCUT2D eigenvalue weighted by Crippen LogP contribution is 2.09. The predicted molar refractivity (Wildman–Crippen MR) is 37.2 cm³/mol. The first-order valence-corrected chi connectivity index (χ1v) is 3.36. The van der Waals surface area contributed by atoms with E-state index in [1.54, 1.807) is 0 Å². The minimum atomic E-state index is -0.166. The molecule has 1 saturated heterocycles. The van der Waals surface area contributed by atoms with E-state index < -0.39 is 0 Å². The average molecular weight is 127 g/mol. The highest BCUT2D eigenvalue weighted by molar-refractivity contribution is 4.95. The summed E-state index contributed by atoms with van der Waals surface area (Å²) in [6.45, 7) is 3.64. The van der Waals surface area contributed by atoms with Gasteiger partial charge in [-0.15, -0.1) is 0 Å². The quantitative estimate of drug-likeness (QED) is 0.491. The van der Waals surface area contributed by atoms with Gasteiger partial charge in [0.2, 0.25) is 0 Å². The molecule has 1 heterocycles. The number of aliphatic hydroxyl groups is 1. The average Bonchev–Trinajstić information content (AvgIpc) is 2.18. The summed E-state index contributed by atoms with van der Waals surface area (Å²) in [6.07, 6.45) is 3.87. The summed E-state index contributed by atoms with van der Waals surface area (Å²) in [5.74, 6) is 0.343. The van der Waals surface area contributed by atoms with E-state index in [2.05, 4.69) is 5.32 Å². The van der Waals surface area contributed by atoms with Gasteiger partial charge in [0.05, 0.1) is 6.10 Å². The first-order chi connectivity index (χ1) is 4.34. The van der Waals surface area contributed by atoms with Crippen LogP contribution in [0.3, 0.4) is 0 Å². The Labute approximate surface area is 55.6 Å². The summed E-state index contributed by atoms with van der Waals surface area (Å²) in [5, 5.41) is 12.3. The molecule has 52 valence electrons. The van der Waals surface area contributed by atoms with Gasteiger partial charge in [-0.1, -0.05) is 12.2 Å². The number of rotatable bonds is 1. The molecule has 2 nitrogen and oxygen atoms in total. The monoisotopic (exact) mass is 127 g/mol. The lowest BCUT2D eigenvalue weighted by Gasteiger charge is -2.05. The molecular formula is C7H13NO. The van der Waals surface area contributed by atoms with Crippen molar-refractivity contribution in [2.75, 3.05) is 13.1 Å². The van der Waals surface area contributed by atoms with Gasteiger partial charge in [0.1, 0.15) is 0 Å². The van der Waals surface area contributed by atoms with Crippen LogP contribution < -0.4 is 5.32 Å². The van der Waals surface area contributed by atoms with Crippen LogP contribution in [0, 0.1) is 5.92 Å². The molecule has 9 heavy (non-hydrogen) atoms.